The molecule has 13 heavy (non-hydrogen) atoms. The fourth-order valence-corrected chi connectivity index (χ4v) is 1.72. The van der Waals surface area contributed by atoms with E-state index in [9.17, 15) is 0 Å². The van der Waals surface area contributed by atoms with E-state index in [1.807, 2.05) is 18.7 Å². The van der Waals surface area contributed by atoms with Crippen LogP contribution in [0, 0.1) is 11.3 Å². The minimum absolute atomic E-state index is 0.349. The lowest BCUT2D eigenvalue weighted by molar-refractivity contribution is 0.419. The monoisotopic (exact) mass is 200 g/mol. The van der Waals surface area contributed by atoms with Crippen LogP contribution in [0.4, 0.5) is 0 Å². The quantitative estimate of drug-likeness (QED) is 0.715. The predicted molar refractivity (Wildman–Crippen MR) is 59.9 cm³/mol. The highest BCUT2D eigenvalue weighted by Crippen LogP contribution is 2.19. The van der Waals surface area contributed by atoms with Gasteiger partial charge in [-0.05, 0) is 32.6 Å². The molecule has 0 aliphatic heterocycles. The summed E-state index contributed by atoms with van der Waals surface area (Å²) in [5.74, 6) is 0. The van der Waals surface area contributed by atoms with Crippen molar-refractivity contribution in [1.29, 1.82) is 5.26 Å². The molecule has 0 bridgehead atoms. The first-order valence-corrected chi connectivity index (χ1v) is 6.06. The standard InChI is InChI=1S/C10H20N2S/c1-5-6-12-10(3,8-11)7-9(2)13-4/h9,12H,5-7H2,1-4H3. The summed E-state index contributed by atoms with van der Waals surface area (Å²) >= 11 is 1.81. The zero-order valence-corrected chi connectivity index (χ0v) is 9.87. The number of nitriles is 1. The smallest absolute Gasteiger partial charge is 0.104 e. The summed E-state index contributed by atoms with van der Waals surface area (Å²) in [5, 5.41) is 12.9. The summed E-state index contributed by atoms with van der Waals surface area (Å²) in [6.07, 6.45) is 4.07. The van der Waals surface area contributed by atoms with E-state index in [0.717, 1.165) is 19.4 Å². The molecule has 0 fully saturated rings. The zero-order chi connectivity index (χ0) is 10.3. The Kier molecular flexibility index (Phi) is 6.19. The van der Waals surface area contributed by atoms with E-state index >= 15 is 0 Å². The molecule has 2 nitrogen and oxygen atoms in total. The number of hydrogen-bond acceptors (Lipinski definition) is 3. The van der Waals surface area contributed by atoms with E-state index in [0.29, 0.717) is 5.25 Å². The Morgan fingerprint density at radius 1 is 1.62 bits per heavy atom. The van der Waals surface area contributed by atoms with Crippen molar-refractivity contribution in [2.45, 2.75) is 44.4 Å². The molecule has 0 aliphatic carbocycles. The average molecular weight is 200 g/mol. The Hall–Kier alpha value is -0.200. The third kappa shape index (κ3) is 5.17. The van der Waals surface area contributed by atoms with Gasteiger partial charge < -0.3 is 0 Å². The van der Waals surface area contributed by atoms with Gasteiger partial charge in [-0.3, -0.25) is 5.32 Å². The predicted octanol–water partition coefficient (Wildman–Crippen LogP) is 2.41. The molecule has 0 aliphatic rings. The summed E-state index contributed by atoms with van der Waals surface area (Å²) in [5.41, 5.74) is -0.349. The molecule has 0 radical (unpaired) electrons. The van der Waals surface area contributed by atoms with Crippen LogP contribution in [0.2, 0.25) is 0 Å². The molecule has 0 rings (SSSR count). The number of hydrogen-bond donors (Lipinski definition) is 1. The Morgan fingerprint density at radius 2 is 2.23 bits per heavy atom. The van der Waals surface area contributed by atoms with Crippen LogP contribution in [0.3, 0.4) is 0 Å². The maximum absolute atomic E-state index is 9.03. The van der Waals surface area contributed by atoms with Crippen LogP contribution in [0.25, 0.3) is 0 Å². The second kappa shape index (κ2) is 6.28. The maximum Gasteiger partial charge on any atom is 0.104 e. The Labute approximate surface area is 86.1 Å². The van der Waals surface area contributed by atoms with Crippen LogP contribution in [-0.4, -0.2) is 23.6 Å². The van der Waals surface area contributed by atoms with Crippen LogP contribution in [0.15, 0.2) is 0 Å². The summed E-state index contributed by atoms with van der Waals surface area (Å²) in [7, 11) is 0. The van der Waals surface area contributed by atoms with Crippen molar-refractivity contribution in [2.75, 3.05) is 12.8 Å². The molecular weight excluding hydrogens is 180 g/mol. The van der Waals surface area contributed by atoms with Gasteiger partial charge in [-0.15, -0.1) is 0 Å². The van der Waals surface area contributed by atoms with Crippen LogP contribution in [0.5, 0.6) is 0 Å². The topological polar surface area (TPSA) is 35.8 Å². The molecule has 0 aromatic rings. The lowest BCUT2D eigenvalue weighted by Crippen LogP contribution is -2.43. The van der Waals surface area contributed by atoms with Crippen molar-refractivity contribution in [3.63, 3.8) is 0 Å². The van der Waals surface area contributed by atoms with Crippen LogP contribution in [-0.2, 0) is 0 Å². The first kappa shape index (κ1) is 12.8. The van der Waals surface area contributed by atoms with E-state index in [1.54, 1.807) is 0 Å². The Morgan fingerprint density at radius 3 is 2.62 bits per heavy atom. The van der Waals surface area contributed by atoms with Gasteiger partial charge >= 0.3 is 0 Å². The molecular formula is C10H20N2S. The molecule has 76 valence electrons. The highest BCUT2D eigenvalue weighted by atomic mass is 32.2. The van der Waals surface area contributed by atoms with E-state index in [1.165, 1.54) is 0 Å². The summed E-state index contributed by atoms with van der Waals surface area (Å²) in [6.45, 7) is 7.18. The molecule has 0 aromatic heterocycles. The molecule has 0 amide bonds. The number of nitrogens with one attached hydrogen (secondary N) is 1. The lowest BCUT2D eigenvalue weighted by atomic mass is 9.98. The third-order valence-electron chi connectivity index (χ3n) is 2.11. The summed E-state index contributed by atoms with van der Waals surface area (Å²) in [6, 6.07) is 2.35. The van der Waals surface area contributed by atoms with Gasteiger partial charge in [-0.25, -0.2) is 0 Å². The second-order valence-corrected chi connectivity index (χ2v) is 4.90. The summed E-state index contributed by atoms with van der Waals surface area (Å²) in [4.78, 5) is 0. The van der Waals surface area contributed by atoms with E-state index in [2.05, 4.69) is 31.5 Å². The number of thioether (sulfide) groups is 1. The minimum atomic E-state index is -0.349. The fourth-order valence-electron chi connectivity index (χ4n) is 1.22. The Bertz CT molecular complexity index is 176. The Balaban J connectivity index is 4.05. The highest BCUT2D eigenvalue weighted by molar-refractivity contribution is 7.99. The van der Waals surface area contributed by atoms with Gasteiger partial charge in [-0.1, -0.05) is 13.8 Å². The van der Waals surface area contributed by atoms with Gasteiger partial charge in [-0.2, -0.15) is 17.0 Å². The number of rotatable bonds is 6. The zero-order valence-electron chi connectivity index (χ0n) is 9.05. The van der Waals surface area contributed by atoms with Gasteiger partial charge in [0.15, 0.2) is 0 Å². The average Bonchev–Trinajstić information content (AvgIpc) is 2.14. The van der Waals surface area contributed by atoms with E-state index in [4.69, 9.17) is 5.26 Å². The van der Waals surface area contributed by atoms with Crippen molar-refractivity contribution in [1.82, 2.24) is 5.32 Å². The molecule has 2 unspecified atom stereocenters. The second-order valence-electron chi connectivity index (χ2n) is 3.62. The molecule has 0 heterocycles. The van der Waals surface area contributed by atoms with E-state index in [-0.39, 0.29) is 5.54 Å². The van der Waals surface area contributed by atoms with Crippen molar-refractivity contribution >= 4 is 11.8 Å². The first-order valence-electron chi connectivity index (χ1n) is 4.77. The lowest BCUT2D eigenvalue weighted by Gasteiger charge is -2.25. The van der Waals surface area contributed by atoms with Gasteiger partial charge in [0.1, 0.15) is 5.54 Å². The van der Waals surface area contributed by atoms with Crippen LogP contribution in [0.1, 0.15) is 33.6 Å². The molecule has 2 atom stereocenters. The maximum atomic E-state index is 9.03. The van der Waals surface area contributed by atoms with Gasteiger partial charge in [0.25, 0.3) is 0 Å². The van der Waals surface area contributed by atoms with Gasteiger partial charge in [0, 0.05) is 5.25 Å². The van der Waals surface area contributed by atoms with Crippen molar-refractivity contribution < 1.29 is 0 Å². The van der Waals surface area contributed by atoms with Crippen LogP contribution >= 0.6 is 11.8 Å². The van der Waals surface area contributed by atoms with Gasteiger partial charge in [0.2, 0.25) is 0 Å². The first-order chi connectivity index (χ1) is 6.08. The molecule has 0 aromatic carbocycles. The third-order valence-corrected chi connectivity index (χ3v) is 3.08. The van der Waals surface area contributed by atoms with Crippen molar-refractivity contribution in [3.05, 3.63) is 0 Å². The van der Waals surface area contributed by atoms with E-state index < -0.39 is 0 Å². The van der Waals surface area contributed by atoms with Crippen LogP contribution < -0.4 is 5.32 Å². The van der Waals surface area contributed by atoms with Gasteiger partial charge in [0.05, 0.1) is 6.07 Å². The molecule has 0 spiro atoms. The fraction of sp³-hybridized carbons (Fsp3) is 0.900. The molecule has 1 N–H and O–H groups in total. The molecule has 0 saturated carbocycles. The largest absolute Gasteiger partial charge is 0.300 e. The highest BCUT2D eigenvalue weighted by Gasteiger charge is 2.24. The van der Waals surface area contributed by atoms with Crippen molar-refractivity contribution in [3.8, 4) is 6.07 Å². The summed E-state index contributed by atoms with van der Waals surface area (Å²) < 4.78 is 0. The SMILES string of the molecule is CCCNC(C)(C#N)CC(C)SC. The number of nitrogens with zero attached hydrogens (tertiary/aromatic N) is 1. The van der Waals surface area contributed by atoms with Crippen molar-refractivity contribution in [2.24, 2.45) is 0 Å². The normalized spacial score (nSPS) is 17.5. The minimum Gasteiger partial charge on any atom is -0.300 e. The molecule has 3 heteroatoms. The molecule has 0 saturated heterocycles.